The molecule has 5 nitrogen and oxygen atoms in total. The molecular formula is C13H13ClN2O3. The summed E-state index contributed by atoms with van der Waals surface area (Å²) in [5.74, 6) is -0.993. The van der Waals surface area contributed by atoms with Crippen LogP contribution in [0.25, 0.3) is 11.3 Å². The first-order valence-corrected chi connectivity index (χ1v) is 6.02. The van der Waals surface area contributed by atoms with Crippen molar-refractivity contribution in [3.63, 3.8) is 0 Å². The van der Waals surface area contributed by atoms with Crippen LogP contribution in [0, 0.1) is 13.8 Å². The van der Waals surface area contributed by atoms with Gasteiger partial charge in [-0.1, -0.05) is 17.7 Å². The topological polar surface area (TPSA) is 86.2 Å². The first-order valence-electron chi connectivity index (χ1n) is 5.64. The van der Waals surface area contributed by atoms with Gasteiger partial charge in [0.15, 0.2) is 0 Å². The number of benzene rings is 1. The fraction of sp³-hybridized carbons (Fsp3) is 0.231. The number of carboxylic acids is 1. The number of hydrogen-bond donors (Lipinski definition) is 3. The second-order valence-corrected chi connectivity index (χ2v) is 4.69. The lowest BCUT2D eigenvalue weighted by Gasteiger charge is -2.08. The van der Waals surface area contributed by atoms with Gasteiger partial charge >= 0.3 is 5.97 Å². The van der Waals surface area contributed by atoms with Gasteiger partial charge in [0.2, 0.25) is 0 Å². The molecule has 0 aliphatic heterocycles. The summed E-state index contributed by atoms with van der Waals surface area (Å²) in [4.78, 5) is 11.2. The van der Waals surface area contributed by atoms with E-state index in [0.717, 1.165) is 5.56 Å². The zero-order chi connectivity index (χ0) is 14.2. The number of nitrogens with zero attached hydrogens (tertiary/aromatic N) is 1. The van der Waals surface area contributed by atoms with Crippen molar-refractivity contribution < 1.29 is 15.0 Å². The summed E-state index contributed by atoms with van der Waals surface area (Å²) in [6.45, 7) is 3.35. The summed E-state index contributed by atoms with van der Waals surface area (Å²) in [5.41, 5.74) is 3.27. The number of H-pyrrole nitrogens is 1. The predicted octanol–water partition coefficient (Wildman–Crippen LogP) is 2.54. The normalized spacial score (nSPS) is 10.7. The van der Waals surface area contributed by atoms with Crippen LogP contribution in [0.1, 0.15) is 27.2 Å². The predicted molar refractivity (Wildman–Crippen MR) is 71.4 cm³/mol. The van der Waals surface area contributed by atoms with E-state index in [0.29, 0.717) is 27.5 Å². The number of aromatic nitrogens is 2. The van der Waals surface area contributed by atoms with Crippen molar-refractivity contribution in [2.24, 2.45) is 0 Å². The Labute approximate surface area is 114 Å². The van der Waals surface area contributed by atoms with Crippen LogP contribution >= 0.6 is 11.6 Å². The largest absolute Gasteiger partial charge is 0.478 e. The van der Waals surface area contributed by atoms with Crippen molar-refractivity contribution in [2.75, 3.05) is 0 Å². The molecule has 0 bridgehead atoms. The Balaban J connectivity index is 2.64. The number of aromatic amines is 1. The zero-order valence-corrected chi connectivity index (χ0v) is 11.2. The molecule has 1 heterocycles. The molecule has 1 aromatic carbocycles. The molecule has 0 saturated carbocycles. The molecule has 0 saturated heterocycles. The van der Waals surface area contributed by atoms with Crippen LogP contribution in [0.3, 0.4) is 0 Å². The first-order chi connectivity index (χ1) is 8.95. The third-order valence-electron chi connectivity index (χ3n) is 2.99. The molecule has 6 heteroatoms. The highest BCUT2D eigenvalue weighted by atomic mass is 35.5. The Kier molecular flexibility index (Phi) is 3.59. The van der Waals surface area contributed by atoms with E-state index in [1.807, 2.05) is 6.92 Å². The Morgan fingerprint density at radius 1 is 1.37 bits per heavy atom. The summed E-state index contributed by atoms with van der Waals surface area (Å²) in [6, 6.07) is 3.33. The summed E-state index contributed by atoms with van der Waals surface area (Å²) in [5, 5.41) is 25.2. The number of aliphatic hydroxyl groups excluding tert-OH is 1. The van der Waals surface area contributed by atoms with Crippen molar-refractivity contribution in [2.45, 2.75) is 20.5 Å². The van der Waals surface area contributed by atoms with Gasteiger partial charge in [0.25, 0.3) is 0 Å². The molecular weight excluding hydrogens is 268 g/mol. The van der Waals surface area contributed by atoms with Crippen LogP contribution in [0.5, 0.6) is 0 Å². The standard InChI is InChI=1S/C13H13ClN2O3/c1-6-3-7(2)9(13(18)19)4-8(6)12-11(14)10(5-17)15-16-12/h3-4,17H,5H2,1-2H3,(H,15,16)(H,18,19). The van der Waals surface area contributed by atoms with E-state index in [1.54, 1.807) is 19.1 Å². The van der Waals surface area contributed by atoms with E-state index in [-0.39, 0.29) is 12.2 Å². The lowest BCUT2D eigenvalue weighted by molar-refractivity contribution is 0.0696. The number of carbonyl (C=O) groups is 1. The van der Waals surface area contributed by atoms with Crippen LogP contribution in [-0.2, 0) is 6.61 Å². The molecule has 0 unspecified atom stereocenters. The maximum atomic E-state index is 11.2. The quantitative estimate of drug-likeness (QED) is 0.806. The van der Waals surface area contributed by atoms with Gasteiger partial charge < -0.3 is 10.2 Å². The number of rotatable bonds is 3. The highest BCUT2D eigenvalue weighted by Gasteiger charge is 2.17. The van der Waals surface area contributed by atoms with E-state index < -0.39 is 5.97 Å². The SMILES string of the molecule is Cc1cc(C)c(-c2n[nH]c(CO)c2Cl)cc1C(=O)O. The molecule has 19 heavy (non-hydrogen) atoms. The summed E-state index contributed by atoms with van der Waals surface area (Å²) < 4.78 is 0. The molecule has 100 valence electrons. The number of halogens is 1. The fourth-order valence-electron chi connectivity index (χ4n) is 1.99. The maximum absolute atomic E-state index is 11.2. The van der Waals surface area contributed by atoms with Crippen molar-refractivity contribution >= 4 is 17.6 Å². The summed E-state index contributed by atoms with van der Waals surface area (Å²) in [7, 11) is 0. The second kappa shape index (κ2) is 5.03. The molecule has 0 amide bonds. The van der Waals surface area contributed by atoms with Gasteiger partial charge in [-0.2, -0.15) is 5.10 Å². The molecule has 1 aromatic heterocycles. The smallest absolute Gasteiger partial charge is 0.335 e. The lowest BCUT2D eigenvalue weighted by Crippen LogP contribution is -2.01. The second-order valence-electron chi connectivity index (χ2n) is 4.31. The highest BCUT2D eigenvalue weighted by Crippen LogP contribution is 2.32. The Morgan fingerprint density at radius 3 is 2.58 bits per heavy atom. The summed E-state index contributed by atoms with van der Waals surface area (Å²) in [6.07, 6.45) is 0. The third-order valence-corrected chi connectivity index (χ3v) is 3.40. The number of hydrogen-bond acceptors (Lipinski definition) is 3. The minimum atomic E-state index is -0.993. The van der Waals surface area contributed by atoms with Gasteiger partial charge in [-0.3, -0.25) is 5.10 Å². The zero-order valence-electron chi connectivity index (χ0n) is 10.5. The van der Waals surface area contributed by atoms with Crippen LogP contribution in [-0.4, -0.2) is 26.4 Å². The van der Waals surface area contributed by atoms with Gasteiger partial charge in [-0.15, -0.1) is 0 Å². The van der Waals surface area contributed by atoms with E-state index in [1.165, 1.54) is 0 Å². The van der Waals surface area contributed by atoms with Crippen molar-refractivity contribution in [1.82, 2.24) is 10.2 Å². The molecule has 0 radical (unpaired) electrons. The summed E-state index contributed by atoms with van der Waals surface area (Å²) >= 11 is 6.10. The molecule has 2 rings (SSSR count). The van der Waals surface area contributed by atoms with E-state index in [9.17, 15) is 4.79 Å². The van der Waals surface area contributed by atoms with Crippen LogP contribution < -0.4 is 0 Å². The van der Waals surface area contributed by atoms with E-state index >= 15 is 0 Å². The average Bonchev–Trinajstić information content (AvgIpc) is 2.70. The Bertz CT molecular complexity index is 650. The Morgan fingerprint density at radius 2 is 2.05 bits per heavy atom. The van der Waals surface area contributed by atoms with Crippen molar-refractivity contribution in [3.8, 4) is 11.3 Å². The molecule has 0 spiro atoms. The van der Waals surface area contributed by atoms with Crippen LogP contribution in [0.4, 0.5) is 0 Å². The fourth-order valence-corrected chi connectivity index (χ4v) is 2.23. The molecule has 2 aromatic rings. The van der Waals surface area contributed by atoms with Gasteiger partial charge in [-0.25, -0.2) is 4.79 Å². The van der Waals surface area contributed by atoms with E-state index in [4.69, 9.17) is 21.8 Å². The maximum Gasteiger partial charge on any atom is 0.335 e. The molecule has 0 aliphatic rings. The Hall–Kier alpha value is -1.85. The third kappa shape index (κ3) is 2.34. The van der Waals surface area contributed by atoms with Crippen molar-refractivity contribution in [1.29, 1.82) is 0 Å². The van der Waals surface area contributed by atoms with Crippen LogP contribution in [0.15, 0.2) is 12.1 Å². The van der Waals surface area contributed by atoms with Gasteiger partial charge in [0.1, 0.15) is 5.69 Å². The molecule has 0 atom stereocenters. The average molecular weight is 281 g/mol. The van der Waals surface area contributed by atoms with Gasteiger partial charge in [0, 0.05) is 5.56 Å². The minimum Gasteiger partial charge on any atom is -0.478 e. The number of aryl methyl sites for hydroxylation is 2. The van der Waals surface area contributed by atoms with Gasteiger partial charge in [-0.05, 0) is 31.0 Å². The molecule has 3 N–H and O–H groups in total. The number of nitrogens with one attached hydrogen (secondary N) is 1. The lowest BCUT2D eigenvalue weighted by atomic mass is 9.98. The first kappa shape index (κ1) is 13.6. The van der Waals surface area contributed by atoms with Crippen molar-refractivity contribution in [3.05, 3.63) is 39.5 Å². The molecule has 0 fully saturated rings. The van der Waals surface area contributed by atoms with E-state index in [2.05, 4.69) is 10.2 Å². The highest BCUT2D eigenvalue weighted by molar-refractivity contribution is 6.33. The van der Waals surface area contributed by atoms with Crippen LogP contribution in [0.2, 0.25) is 5.02 Å². The number of carboxylic acid groups (broad SMARTS) is 1. The monoisotopic (exact) mass is 280 g/mol. The van der Waals surface area contributed by atoms with Gasteiger partial charge in [0.05, 0.1) is 22.9 Å². The number of aromatic carboxylic acids is 1. The minimum absolute atomic E-state index is 0.213. The molecule has 0 aliphatic carbocycles. The number of aliphatic hydroxyl groups is 1.